The van der Waals surface area contributed by atoms with E-state index in [2.05, 4.69) is 17.2 Å². The number of carbonyl (C=O) groups excluding carboxylic acids is 1. The van der Waals surface area contributed by atoms with Gasteiger partial charge in [0.1, 0.15) is 6.26 Å². The minimum Gasteiger partial charge on any atom is -0.461 e. The fraction of sp³-hybridized carbons (Fsp3) is 0.714. The first-order valence-corrected chi connectivity index (χ1v) is 7.05. The van der Waals surface area contributed by atoms with Gasteiger partial charge >= 0.3 is 5.97 Å². The van der Waals surface area contributed by atoms with Gasteiger partial charge in [-0.25, -0.2) is 4.79 Å². The molecule has 0 amide bonds. The SMILES string of the molecule is CCOC(=O)c1coc(NCC2CCC(C)CC2)n1. The van der Waals surface area contributed by atoms with Crippen molar-refractivity contribution >= 4 is 12.0 Å². The summed E-state index contributed by atoms with van der Waals surface area (Å²) in [6.45, 7) is 5.27. The number of hydrogen-bond donors (Lipinski definition) is 1. The molecule has 5 nitrogen and oxygen atoms in total. The largest absolute Gasteiger partial charge is 0.461 e. The molecule has 0 radical (unpaired) electrons. The number of esters is 1. The van der Waals surface area contributed by atoms with Crippen molar-refractivity contribution in [3.05, 3.63) is 12.0 Å². The standard InChI is InChI=1S/C14H22N2O3/c1-3-18-13(17)12-9-19-14(16-12)15-8-11-6-4-10(2)5-7-11/h9-11H,3-8H2,1-2H3,(H,15,16). The second-order valence-corrected chi connectivity index (χ2v) is 5.27. The van der Waals surface area contributed by atoms with Crippen LogP contribution in [-0.4, -0.2) is 24.1 Å². The topological polar surface area (TPSA) is 64.4 Å². The molecule has 0 unspecified atom stereocenters. The van der Waals surface area contributed by atoms with Crippen LogP contribution in [0.4, 0.5) is 6.01 Å². The average Bonchev–Trinajstić information content (AvgIpc) is 2.87. The molecule has 106 valence electrons. The fourth-order valence-corrected chi connectivity index (χ4v) is 2.42. The minimum atomic E-state index is -0.439. The van der Waals surface area contributed by atoms with Crippen molar-refractivity contribution in [3.8, 4) is 0 Å². The van der Waals surface area contributed by atoms with Crippen molar-refractivity contribution < 1.29 is 13.9 Å². The van der Waals surface area contributed by atoms with Gasteiger partial charge in [-0.3, -0.25) is 0 Å². The Labute approximate surface area is 113 Å². The number of ether oxygens (including phenoxy) is 1. The normalized spacial score (nSPS) is 23.1. The van der Waals surface area contributed by atoms with Gasteiger partial charge in [-0.1, -0.05) is 19.8 Å². The Hall–Kier alpha value is -1.52. The third kappa shape index (κ3) is 3.98. The minimum absolute atomic E-state index is 0.224. The number of aromatic nitrogens is 1. The maximum atomic E-state index is 11.4. The number of oxazole rings is 1. The Bertz CT molecular complexity index is 409. The Morgan fingerprint density at radius 2 is 2.21 bits per heavy atom. The van der Waals surface area contributed by atoms with Gasteiger partial charge in [0.2, 0.25) is 0 Å². The average molecular weight is 266 g/mol. The predicted molar refractivity (Wildman–Crippen MR) is 72.1 cm³/mol. The number of anilines is 1. The molecule has 1 saturated carbocycles. The Morgan fingerprint density at radius 3 is 2.89 bits per heavy atom. The summed E-state index contributed by atoms with van der Waals surface area (Å²) in [5.74, 6) is 1.09. The molecule has 19 heavy (non-hydrogen) atoms. The van der Waals surface area contributed by atoms with Crippen molar-refractivity contribution in [2.24, 2.45) is 11.8 Å². The Kier molecular flexibility index (Phi) is 4.82. The van der Waals surface area contributed by atoms with E-state index in [1.54, 1.807) is 6.92 Å². The van der Waals surface area contributed by atoms with E-state index in [0.717, 1.165) is 12.5 Å². The summed E-state index contributed by atoms with van der Waals surface area (Å²) in [7, 11) is 0. The van der Waals surface area contributed by atoms with Crippen LogP contribution in [0.25, 0.3) is 0 Å². The molecule has 5 heteroatoms. The second-order valence-electron chi connectivity index (χ2n) is 5.27. The van der Waals surface area contributed by atoms with Gasteiger partial charge in [0, 0.05) is 6.54 Å². The first kappa shape index (κ1) is 13.9. The van der Waals surface area contributed by atoms with Crippen molar-refractivity contribution in [3.63, 3.8) is 0 Å². The first-order chi connectivity index (χ1) is 9.19. The van der Waals surface area contributed by atoms with Gasteiger partial charge in [-0.2, -0.15) is 4.98 Å². The highest BCUT2D eigenvalue weighted by molar-refractivity contribution is 5.87. The summed E-state index contributed by atoms with van der Waals surface area (Å²) in [6.07, 6.45) is 6.43. The summed E-state index contributed by atoms with van der Waals surface area (Å²) in [5.41, 5.74) is 0.224. The van der Waals surface area contributed by atoms with Crippen molar-refractivity contribution in [1.82, 2.24) is 4.98 Å². The van der Waals surface area contributed by atoms with E-state index >= 15 is 0 Å². The Morgan fingerprint density at radius 1 is 1.47 bits per heavy atom. The molecule has 0 aliphatic heterocycles. The number of nitrogens with zero attached hydrogens (tertiary/aromatic N) is 1. The molecule has 1 aliphatic carbocycles. The molecule has 1 fully saturated rings. The first-order valence-electron chi connectivity index (χ1n) is 7.05. The van der Waals surface area contributed by atoms with Crippen LogP contribution in [0.1, 0.15) is 50.0 Å². The van der Waals surface area contributed by atoms with Crippen LogP contribution < -0.4 is 5.32 Å². The molecule has 1 N–H and O–H groups in total. The highest BCUT2D eigenvalue weighted by Crippen LogP contribution is 2.28. The quantitative estimate of drug-likeness (QED) is 0.830. The highest BCUT2D eigenvalue weighted by Gasteiger charge is 2.19. The lowest BCUT2D eigenvalue weighted by molar-refractivity contribution is 0.0519. The molecule has 0 atom stereocenters. The summed E-state index contributed by atoms with van der Waals surface area (Å²) in [5, 5.41) is 3.16. The Balaban J connectivity index is 1.78. The van der Waals surface area contributed by atoms with E-state index in [-0.39, 0.29) is 5.69 Å². The van der Waals surface area contributed by atoms with Crippen molar-refractivity contribution in [2.45, 2.75) is 39.5 Å². The van der Waals surface area contributed by atoms with Gasteiger partial charge < -0.3 is 14.5 Å². The zero-order valence-electron chi connectivity index (χ0n) is 11.6. The van der Waals surface area contributed by atoms with Gasteiger partial charge in [0.05, 0.1) is 6.61 Å². The van der Waals surface area contributed by atoms with E-state index in [9.17, 15) is 4.79 Å². The van der Waals surface area contributed by atoms with Crippen LogP contribution in [0, 0.1) is 11.8 Å². The zero-order valence-corrected chi connectivity index (χ0v) is 11.6. The predicted octanol–water partition coefficient (Wildman–Crippen LogP) is 3.09. The molecule has 1 aromatic heterocycles. The van der Waals surface area contributed by atoms with Gasteiger partial charge in [0.15, 0.2) is 5.69 Å². The summed E-state index contributed by atoms with van der Waals surface area (Å²) >= 11 is 0. The molecule has 0 bridgehead atoms. The van der Waals surface area contributed by atoms with E-state index in [4.69, 9.17) is 9.15 Å². The number of nitrogens with one attached hydrogen (secondary N) is 1. The van der Waals surface area contributed by atoms with Gasteiger partial charge in [0.25, 0.3) is 6.01 Å². The van der Waals surface area contributed by atoms with Crippen molar-refractivity contribution in [2.75, 3.05) is 18.5 Å². The van der Waals surface area contributed by atoms with Crippen LogP contribution >= 0.6 is 0 Å². The molecule has 0 spiro atoms. The highest BCUT2D eigenvalue weighted by atomic mass is 16.5. The third-order valence-corrected chi connectivity index (χ3v) is 3.67. The lowest BCUT2D eigenvalue weighted by atomic mass is 9.83. The fourth-order valence-electron chi connectivity index (χ4n) is 2.42. The summed E-state index contributed by atoms with van der Waals surface area (Å²) < 4.78 is 10.1. The van der Waals surface area contributed by atoms with Crippen LogP contribution in [0.3, 0.4) is 0 Å². The van der Waals surface area contributed by atoms with E-state index in [1.165, 1.54) is 31.9 Å². The number of carbonyl (C=O) groups is 1. The van der Waals surface area contributed by atoms with Crippen LogP contribution in [0.2, 0.25) is 0 Å². The maximum absolute atomic E-state index is 11.4. The molecule has 0 aromatic carbocycles. The maximum Gasteiger partial charge on any atom is 0.360 e. The van der Waals surface area contributed by atoms with Crippen LogP contribution in [0.5, 0.6) is 0 Å². The number of rotatable bonds is 5. The van der Waals surface area contributed by atoms with E-state index in [1.807, 2.05) is 0 Å². The molecule has 1 heterocycles. The van der Waals surface area contributed by atoms with Crippen LogP contribution in [-0.2, 0) is 4.74 Å². The van der Waals surface area contributed by atoms with Crippen LogP contribution in [0.15, 0.2) is 10.7 Å². The number of hydrogen-bond acceptors (Lipinski definition) is 5. The van der Waals surface area contributed by atoms with E-state index < -0.39 is 5.97 Å². The summed E-state index contributed by atoms with van der Waals surface area (Å²) in [4.78, 5) is 15.5. The smallest absolute Gasteiger partial charge is 0.360 e. The lowest BCUT2D eigenvalue weighted by Gasteiger charge is -2.25. The van der Waals surface area contributed by atoms with Gasteiger partial charge in [-0.05, 0) is 31.6 Å². The molecule has 0 saturated heterocycles. The molecule has 1 aromatic rings. The molecular formula is C14H22N2O3. The second kappa shape index (κ2) is 6.59. The summed E-state index contributed by atoms with van der Waals surface area (Å²) in [6, 6.07) is 0.404. The molecular weight excluding hydrogens is 244 g/mol. The lowest BCUT2D eigenvalue weighted by Crippen LogP contribution is -2.20. The third-order valence-electron chi connectivity index (χ3n) is 3.67. The molecule has 2 rings (SSSR count). The van der Waals surface area contributed by atoms with E-state index in [0.29, 0.717) is 18.5 Å². The van der Waals surface area contributed by atoms with Crippen molar-refractivity contribution in [1.29, 1.82) is 0 Å². The molecule has 1 aliphatic rings. The zero-order chi connectivity index (χ0) is 13.7. The monoisotopic (exact) mass is 266 g/mol. The van der Waals surface area contributed by atoms with Gasteiger partial charge in [-0.15, -0.1) is 0 Å².